The van der Waals surface area contributed by atoms with Crippen molar-refractivity contribution in [2.75, 3.05) is 13.7 Å². The quantitative estimate of drug-likeness (QED) is 0.831. The molecule has 1 saturated carbocycles. The van der Waals surface area contributed by atoms with Crippen molar-refractivity contribution < 1.29 is 19.1 Å². The fraction of sp³-hybridized carbons (Fsp3) is 0.500. The van der Waals surface area contributed by atoms with Crippen molar-refractivity contribution in [1.29, 1.82) is 0 Å². The summed E-state index contributed by atoms with van der Waals surface area (Å²) in [4.78, 5) is 23.2. The molecule has 126 valence electrons. The van der Waals surface area contributed by atoms with E-state index >= 15 is 0 Å². The Kier molecular flexibility index (Phi) is 6.10. The van der Waals surface area contributed by atoms with Crippen molar-refractivity contribution in [1.82, 2.24) is 5.32 Å². The highest BCUT2D eigenvalue weighted by molar-refractivity contribution is 6.32. The lowest BCUT2D eigenvalue weighted by molar-refractivity contribution is -0.119. The van der Waals surface area contributed by atoms with Gasteiger partial charge in [-0.2, -0.15) is 0 Å². The number of rotatable bonds is 6. The third-order valence-corrected chi connectivity index (χ3v) is 4.07. The molecule has 1 fully saturated rings. The standard InChI is InChI=1S/C16H21ClN2O4/c1-22-13-8-10(7-12(17)15(13)23-9-14(18)20)16(21)19-11-5-3-2-4-6-11/h7-8,11H,2-6,9H2,1H3,(H2,18,20)(H,19,21). The first-order valence-corrected chi connectivity index (χ1v) is 7.98. The van der Waals surface area contributed by atoms with Crippen LogP contribution in [-0.4, -0.2) is 31.6 Å². The number of benzene rings is 1. The maximum absolute atomic E-state index is 12.4. The molecule has 23 heavy (non-hydrogen) atoms. The lowest BCUT2D eigenvalue weighted by Gasteiger charge is -2.23. The zero-order chi connectivity index (χ0) is 16.8. The van der Waals surface area contributed by atoms with Crippen molar-refractivity contribution in [3.8, 4) is 11.5 Å². The number of methoxy groups -OCH3 is 1. The molecular formula is C16H21ClN2O4. The number of carbonyl (C=O) groups excluding carboxylic acids is 2. The molecule has 0 aliphatic heterocycles. The molecule has 1 aliphatic rings. The molecule has 0 unspecified atom stereocenters. The van der Waals surface area contributed by atoms with E-state index in [1.807, 2.05) is 0 Å². The Morgan fingerprint density at radius 2 is 2.00 bits per heavy atom. The minimum absolute atomic E-state index is 0.194. The molecule has 3 N–H and O–H groups in total. The molecule has 1 aromatic carbocycles. The predicted molar refractivity (Wildman–Crippen MR) is 87.0 cm³/mol. The summed E-state index contributed by atoms with van der Waals surface area (Å²) in [5, 5.41) is 3.21. The van der Waals surface area contributed by atoms with Crippen molar-refractivity contribution in [2.24, 2.45) is 5.73 Å². The molecule has 0 atom stereocenters. The summed E-state index contributed by atoms with van der Waals surface area (Å²) in [5.41, 5.74) is 5.44. The minimum atomic E-state index is -0.623. The van der Waals surface area contributed by atoms with Gasteiger partial charge in [0.1, 0.15) is 0 Å². The Hall–Kier alpha value is -1.95. The van der Waals surface area contributed by atoms with Crippen LogP contribution in [-0.2, 0) is 4.79 Å². The van der Waals surface area contributed by atoms with Gasteiger partial charge in [-0.3, -0.25) is 9.59 Å². The van der Waals surface area contributed by atoms with Gasteiger partial charge >= 0.3 is 0 Å². The van der Waals surface area contributed by atoms with Crippen molar-refractivity contribution >= 4 is 23.4 Å². The van der Waals surface area contributed by atoms with E-state index in [-0.39, 0.29) is 35.1 Å². The summed E-state index contributed by atoms with van der Waals surface area (Å²) in [7, 11) is 1.44. The molecule has 0 spiro atoms. The Labute approximate surface area is 140 Å². The van der Waals surface area contributed by atoms with Crippen LogP contribution in [0.4, 0.5) is 0 Å². The van der Waals surface area contributed by atoms with Gasteiger partial charge in [-0.25, -0.2) is 0 Å². The van der Waals surface area contributed by atoms with Crippen molar-refractivity contribution in [3.05, 3.63) is 22.7 Å². The second-order valence-corrected chi connectivity index (χ2v) is 5.96. The predicted octanol–water partition coefficient (Wildman–Crippen LogP) is 2.28. The van der Waals surface area contributed by atoms with E-state index in [1.54, 1.807) is 6.07 Å². The van der Waals surface area contributed by atoms with Gasteiger partial charge in [0.2, 0.25) is 0 Å². The van der Waals surface area contributed by atoms with Gasteiger partial charge in [0.15, 0.2) is 18.1 Å². The van der Waals surface area contributed by atoms with Gasteiger partial charge in [0.25, 0.3) is 11.8 Å². The Bertz CT molecular complexity index is 586. The van der Waals surface area contributed by atoms with Crippen LogP contribution in [0.5, 0.6) is 11.5 Å². The Balaban J connectivity index is 2.14. The fourth-order valence-corrected chi connectivity index (χ4v) is 2.92. The Morgan fingerprint density at radius 1 is 1.30 bits per heavy atom. The average Bonchev–Trinajstić information content (AvgIpc) is 2.53. The smallest absolute Gasteiger partial charge is 0.255 e. The number of carbonyl (C=O) groups is 2. The molecule has 1 aromatic rings. The molecule has 2 amide bonds. The SMILES string of the molecule is COc1cc(C(=O)NC2CCCCC2)cc(Cl)c1OCC(N)=O. The maximum atomic E-state index is 12.4. The van der Waals surface area contributed by atoms with E-state index in [2.05, 4.69) is 5.32 Å². The first kappa shape index (κ1) is 17.4. The van der Waals surface area contributed by atoms with Crippen LogP contribution < -0.4 is 20.5 Å². The van der Waals surface area contributed by atoms with Gasteiger partial charge in [-0.1, -0.05) is 30.9 Å². The first-order valence-electron chi connectivity index (χ1n) is 7.60. The average molecular weight is 341 g/mol. The van der Waals surface area contributed by atoms with E-state index in [1.165, 1.54) is 19.6 Å². The normalized spacial score (nSPS) is 15.0. The molecule has 0 heterocycles. The number of ether oxygens (including phenoxy) is 2. The van der Waals surface area contributed by atoms with Crippen LogP contribution in [0.3, 0.4) is 0 Å². The lowest BCUT2D eigenvalue weighted by atomic mass is 9.95. The minimum Gasteiger partial charge on any atom is -0.493 e. The summed E-state index contributed by atoms with van der Waals surface area (Å²) < 4.78 is 10.4. The van der Waals surface area contributed by atoms with Gasteiger partial charge in [-0.15, -0.1) is 0 Å². The van der Waals surface area contributed by atoms with E-state index in [9.17, 15) is 9.59 Å². The van der Waals surface area contributed by atoms with Gasteiger partial charge in [-0.05, 0) is 25.0 Å². The number of hydrogen-bond acceptors (Lipinski definition) is 4. The van der Waals surface area contributed by atoms with Gasteiger partial charge in [0.05, 0.1) is 12.1 Å². The highest BCUT2D eigenvalue weighted by Crippen LogP contribution is 2.36. The number of halogens is 1. The molecular weight excluding hydrogens is 320 g/mol. The lowest BCUT2D eigenvalue weighted by Crippen LogP contribution is -2.36. The third-order valence-electron chi connectivity index (χ3n) is 3.79. The monoisotopic (exact) mass is 340 g/mol. The van der Waals surface area contributed by atoms with Crippen molar-refractivity contribution in [2.45, 2.75) is 38.1 Å². The molecule has 1 aliphatic carbocycles. The molecule has 0 radical (unpaired) electrons. The van der Waals surface area contributed by atoms with E-state index < -0.39 is 5.91 Å². The van der Waals surface area contributed by atoms with Crippen LogP contribution in [0.15, 0.2) is 12.1 Å². The van der Waals surface area contributed by atoms with Gasteiger partial charge < -0.3 is 20.5 Å². The number of amides is 2. The highest BCUT2D eigenvalue weighted by Gasteiger charge is 2.20. The summed E-state index contributed by atoms with van der Waals surface area (Å²) in [6.45, 7) is -0.316. The second-order valence-electron chi connectivity index (χ2n) is 5.55. The van der Waals surface area contributed by atoms with E-state index in [4.69, 9.17) is 26.8 Å². The summed E-state index contributed by atoms with van der Waals surface area (Å²) in [5.74, 6) is -0.337. The first-order chi connectivity index (χ1) is 11.0. The molecule has 7 heteroatoms. The molecule has 6 nitrogen and oxygen atoms in total. The molecule has 0 saturated heterocycles. The van der Waals surface area contributed by atoms with Crippen LogP contribution in [0.1, 0.15) is 42.5 Å². The maximum Gasteiger partial charge on any atom is 0.255 e. The van der Waals surface area contributed by atoms with Gasteiger partial charge in [0, 0.05) is 11.6 Å². The summed E-state index contributed by atoms with van der Waals surface area (Å²) in [6.07, 6.45) is 5.48. The number of nitrogens with two attached hydrogens (primary N) is 1. The summed E-state index contributed by atoms with van der Waals surface area (Å²) >= 11 is 6.15. The van der Waals surface area contributed by atoms with Crippen LogP contribution in [0.25, 0.3) is 0 Å². The van der Waals surface area contributed by atoms with Crippen LogP contribution in [0, 0.1) is 0 Å². The zero-order valence-corrected chi connectivity index (χ0v) is 13.8. The number of primary amides is 1. The molecule has 0 aromatic heterocycles. The molecule has 2 rings (SSSR count). The second kappa shape index (κ2) is 8.06. The van der Waals surface area contributed by atoms with Crippen LogP contribution >= 0.6 is 11.6 Å². The van der Waals surface area contributed by atoms with E-state index in [0.717, 1.165) is 25.7 Å². The zero-order valence-electron chi connectivity index (χ0n) is 13.1. The van der Waals surface area contributed by atoms with E-state index in [0.29, 0.717) is 5.56 Å². The summed E-state index contributed by atoms with van der Waals surface area (Å²) in [6, 6.07) is 3.24. The Morgan fingerprint density at radius 3 is 2.61 bits per heavy atom. The highest BCUT2D eigenvalue weighted by atomic mass is 35.5. The van der Waals surface area contributed by atoms with Crippen LogP contribution in [0.2, 0.25) is 5.02 Å². The largest absolute Gasteiger partial charge is 0.493 e. The van der Waals surface area contributed by atoms with Crippen molar-refractivity contribution in [3.63, 3.8) is 0 Å². The fourth-order valence-electron chi connectivity index (χ4n) is 2.65. The number of nitrogens with one attached hydrogen (secondary N) is 1. The molecule has 0 bridgehead atoms. The third kappa shape index (κ3) is 4.76. The number of hydrogen-bond donors (Lipinski definition) is 2. The topological polar surface area (TPSA) is 90.7 Å².